The fraction of sp³-hybridized carbons (Fsp3) is 0.188. The molecule has 0 spiro atoms. The van der Waals surface area contributed by atoms with Gasteiger partial charge >= 0.3 is 5.97 Å². The van der Waals surface area contributed by atoms with Gasteiger partial charge in [0.05, 0.1) is 12.6 Å². The number of thiophene rings is 1. The number of methoxy groups -OCH3 is 1. The highest BCUT2D eigenvalue weighted by Crippen LogP contribution is 2.53. The van der Waals surface area contributed by atoms with E-state index in [1.165, 1.54) is 15.3 Å². The average molecular weight is 367 g/mol. The van der Waals surface area contributed by atoms with Crippen LogP contribution >= 0.6 is 22.1 Å². The lowest BCUT2D eigenvalue weighted by molar-refractivity contribution is -0.136. The minimum absolute atomic E-state index is 0.0332. The van der Waals surface area contributed by atoms with Gasteiger partial charge in [0.2, 0.25) is 0 Å². The van der Waals surface area contributed by atoms with Gasteiger partial charge in [-0.3, -0.25) is 13.9 Å². The zero-order chi connectivity index (χ0) is 17.3. The summed E-state index contributed by atoms with van der Waals surface area (Å²) in [6, 6.07) is 8.71. The van der Waals surface area contributed by atoms with Crippen molar-refractivity contribution in [3.63, 3.8) is 0 Å². The maximum Gasteiger partial charge on any atom is 0.303 e. The molecule has 2 heterocycles. The molecule has 0 saturated heterocycles. The maximum absolute atomic E-state index is 10.9. The van der Waals surface area contributed by atoms with Gasteiger partial charge in [-0.05, 0) is 47.7 Å². The van der Waals surface area contributed by atoms with Crippen molar-refractivity contribution in [3.05, 3.63) is 47.5 Å². The molecule has 0 unspecified atom stereocenters. The SMILES string of the molecule is COc1ccc2c(c1)c(CCC(=O)O)cn2S(O)(O)c1cccs1. The van der Waals surface area contributed by atoms with Gasteiger partial charge in [-0.25, -0.2) is 3.97 Å². The molecule has 0 aliphatic carbocycles. The van der Waals surface area contributed by atoms with Crippen molar-refractivity contribution in [2.45, 2.75) is 17.1 Å². The van der Waals surface area contributed by atoms with Crippen LogP contribution in [0.1, 0.15) is 12.0 Å². The van der Waals surface area contributed by atoms with E-state index in [2.05, 4.69) is 0 Å². The Morgan fingerprint density at radius 2 is 2.12 bits per heavy atom. The van der Waals surface area contributed by atoms with Crippen molar-refractivity contribution in [1.29, 1.82) is 0 Å². The Labute approximate surface area is 144 Å². The van der Waals surface area contributed by atoms with Gasteiger partial charge in [0.25, 0.3) is 0 Å². The number of hydrogen-bond donors (Lipinski definition) is 3. The Morgan fingerprint density at radius 1 is 1.33 bits per heavy atom. The lowest BCUT2D eigenvalue weighted by Gasteiger charge is -2.32. The number of aromatic nitrogens is 1. The number of rotatable bonds is 6. The number of hydrogen-bond acceptors (Lipinski definition) is 5. The quantitative estimate of drug-likeness (QED) is 0.604. The molecule has 0 aliphatic rings. The summed E-state index contributed by atoms with van der Waals surface area (Å²) in [5.41, 5.74) is 1.37. The largest absolute Gasteiger partial charge is 0.497 e. The Hall–Kier alpha value is -2.00. The number of carbonyl (C=O) groups is 1. The van der Waals surface area contributed by atoms with Crippen LogP contribution in [0.15, 0.2) is 46.1 Å². The Morgan fingerprint density at radius 3 is 2.75 bits per heavy atom. The van der Waals surface area contributed by atoms with E-state index < -0.39 is 16.7 Å². The highest BCUT2D eigenvalue weighted by molar-refractivity contribution is 8.24. The summed E-state index contributed by atoms with van der Waals surface area (Å²) in [6.07, 6.45) is 1.89. The van der Waals surface area contributed by atoms with Crippen molar-refractivity contribution < 1.29 is 23.7 Å². The van der Waals surface area contributed by atoms with Crippen molar-refractivity contribution in [1.82, 2.24) is 3.97 Å². The van der Waals surface area contributed by atoms with Crippen molar-refractivity contribution in [2.75, 3.05) is 7.11 Å². The van der Waals surface area contributed by atoms with Crippen molar-refractivity contribution >= 4 is 39.0 Å². The van der Waals surface area contributed by atoms with E-state index in [1.807, 2.05) is 0 Å². The summed E-state index contributed by atoms with van der Waals surface area (Å²) in [5.74, 6) is -0.270. The number of fused-ring (bicyclic) bond motifs is 1. The standard InChI is InChI=1S/C16H17NO5S2/c1-22-12-5-6-14-13(9-12)11(4-7-15(18)19)10-17(14)24(20,21)16-3-2-8-23-16/h2-3,5-6,8-10,20-21H,4,7H2,1H3,(H,18,19). The van der Waals surface area contributed by atoms with Gasteiger partial charge in [-0.15, -0.1) is 11.3 Å². The lowest BCUT2D eigenvalue weighted by atomic mass is 10.1. The first-order valence-electron chi connectivity index (χ1n) is 7.15. The van der Waals surface area contributed by atoms with Gasteiger partial charge in [-0.2, -0.15) is 0 Å². The molecule has 24 heavy (non-hydrogen) atoms. The number of nitrogens with zero attached hydrogens (tertiary/aromatic N) is 1. The predicted molar refractivity (Wildman–Crippen MR) is 95.3 cm³/mol. The zero-order valence-electron chi connectivity index (χ0n) is 12.9. The van der Waals surface area contributed by atoms with Crippen LogP contribution in [0.3, 0.4) is 0 Å². The van der Waals surface area contributed by atoms with Crippen LogP contribution in [0, 0.1) is 0 Å². The molecule has 0 fully saturated rings. The third kappa shape index (κ3) is 3.01. The molecule has 3 aromatic rings. The van der Waals surface area contributed by atoms with E-state index in [4.69, 9.17) is 9.84 Å². The smallest absolute Gasteiger partial charge is 0.303 e. The number of carboxylic acid groups (broad SMARTS) is 1. The molecule has 0 radical (unpaired) electrons. The van der Waals surface area contributed by atoms with Crippen LogP contribution in [0.2, 0.25) is 0 Å². The first-order chi connectivity index (χ1) is 11.4. The summed E-state index contributed by atoms with van der Waals surface area (Å²) in [6.45, 7) is 0. The molecule has 1 aromatic carbocycles. The maximum atomic E-state index is 10.9. The first-order valence-corrected chi connectivity index (χ1v) is 9.54. The highest BCUT2D eigenvalue weighted by Gasteiger charge is 2.23. The van der Waals surface area contributed by atoms with E-state index in [0.717, 1.165) is 10.9 Å². The fourth-order valence-electron chi connectivity index (χ4n) is 2.54. The summed E-state index contributed by atoms with van der Waals surface area (Å²) in [4.78, 5) is 10.9. The topological polar surface area (TPSA) is 91.9 Å². The number of aryl methyl sites for hydroxylation is 1. The molecule has 0 atom stereocenters. The third-order valence-corrected chi connectivity index (χ3v) is 6.86. The van der Waals surface area contributed by atoms with Crippen LogP contribution in [-0.4, -0.2) is 31.3 Å². The molecule has 3 N–H and O–H groups in total. The molecule has 128 valence electrons. The number of carboxylic acids is 1. The molecule has 8 heteroatoms. The number of benzene rings is 1. The molecule has 0 saturated carbocycles. The van der Waals surface area contributed by atoms with Gasteiger partial charge in [-0.1, -0.05) is 10.8 Å². The molecule has 0 amide bonds. The second-order valence-corrected chi connectivity index (χ2v) is 8.28. The fourth-order valence-corrected chi connectivity index (χ4v) is 5.07. The van der Waals surface area contributed by atoms with E-state index in [0.29, 0.717) is 21.9 Å². The van der Waals surface area contributed by atoms with Gasteiger partial charge in [0.15, 0.2) is 0 Å². The van der Waals surface area contributed by atoms with Gasteiger partial charge < -0.3 is 9.84 Å². The molecular weight excluding hydrogens is 350 g/mol. The van der Waals surface area contributed by atoms with E-state index in [9.17, 15) is 13.9 Å². The summed E-state index contributed by atoms with van der Waals surface area (Å²) in [7, 11) is -1.66. The summed E-state index contributed by atoms with van der Waals surface area (Å²) in [5, 5.41) is 11.5. The van der Waals surface area contributed by atoms with Crippen LogP contribution in [-0.2, 0) is 11.2 Å². The molecule has 3 rings (SSSR count). The normalized spacial score (nSPS) is 12.5. The molecule has 0 bridgehead atoms. The number of ether oxygens (including phenoxy) is 1. The Kier molecular flexibility index (Phi) is 4.55. The predicted octanol–water partition coefficient (Wildman–Crippen LogP) is 4.30. The van der Waals surface area contributed by atoms with E-state index >= 15 is 0 Å². The van der Waals surface area contributed by atoms with Crippen LogP contribution < -0.4 is 4.74 Å². The lowest BCUT2D eigenvalue weighted by Crippen LogP contribution is -2.07. The summed E-state index contributed by atoms with van der Waals surface area (Å²) >= 11 is 1.27. The average Bonchev–Trinajstić information content (AvgIpc) is 3.20. The first kappa shape index (κ1) is 16.8. The zero-order valence-corrected chi connectivity index (χ0v) is 14.5. The molecule has 2 aromatic heterocycles. The van der Waals surface area contributed by atoms with Crippen LogP contribution in [0.4, 0.5) is 0 Å². The minimum Gasteiger partial charge on any atom is -0.497 e. The third-order valence-electron chi connectivity index (χ3n) is 3.71. The summed E-state index contributed by atoms with van der Waals surface area (Å²) < 4.78 is 28.6. The van der Waals surface area contributed by atoms with Gasteiger partial charge in [0.1, 0.15) is 9.96 Å². The van der Waals surface area contributed by atoms with Crippen LogP contribution in [0.5, 0.6) is 5.75 Å². The van der Waals surface area contributed by atoms with Crippen molar-refractivity contribution in [3.8, 4) is 5.75 Å². The highest BCUT2D eigenvalue weighted by atomic mass is 32.3. The van der Waals surface area contributed by atoms with Crippen molar-refractivity contribution in [2.24, 2.45) is 0 Å². The van der Waals surface area contributed by atoms with E-state index in [-0.39, 0.29) is 6.42 Å². The number of aliphatic carboxylic acids is 1. The molecule has 0 aliphatic heterocycles. The monoisotopic (exact) mass is 367 g/mol. The molecule has 6 nitrogen and oxygen atoms in total. The van der Waals surface area contributed by atoms with E-state index in [1.54, 1.807) is 49.0 Å². The van der Waals surface area contributed by atoms with Crippen LogP contribution in [0.25, 0.3) is 10.9 Å². The molecular formula is C16H17NO5S2. The second-order valence-electron chi connectivity index (χ2n) is 5.21. The Bertz CT molecular complexity index is 870. The van der Waals surface area contributed by atoms with Gasteiger partial charge in [0, 0.05) is 18.0 Å². The minimum atomic E-state index is -3.21. The Balaban J connectivity index is 2.16. The second kappa shape index (κ2) is 6.48.